The van der Waals surface area contributed by atoms with Crippen molar-refractivity contribution in [3.8, 4) is 0 Å². The second kappa shape index (κ2) is 5.86. The highest BCUT2D eigenvalue weighted by Crippen LogP contribution is 2.06. The van der Waals surface area contributed by atoms with Gasteiger partial charge in [0.2, 0.25) is 0 Å². The molecular formula is C10H14BrNO2. The molecule has 0 spiro atoms. The van der Waals surface area contributed by atoms with E-state index in [1.165, 1.54) is 6.26 Å². The molecule has 3 nitrogen and oxygen atoms in total. The highest BCUT2D eigenvalue weighted by Gasteiger charge is 2.15. The second-order valence-electron chi connectivity index (χ2n) is 2.90. The standard InChI is InChI=1S/C10H14BrNO2/c1-2-12(7-4-6-11)10(13)9-5-3-8-14-9/h3,5,8H,2,4,6-7H2,1H3. The first-order valence-electron chi connectivity index (χ1n) is 4.68. The first-order chi connectivity index (χ1) is 6.79. The molecule has 14 heavy (non-hydrogen) atoms. The van der Waals surface area contributed by atoms with Crippen molar-refractivity contribution in [2.45, 2.75) is 13.3 Å². The lowest BCUT2D eigenvalue weighted by atomic mass is 10.3. The van der Waals surface area contributed by atoms with Crippen LogP contribution in [-0.4, -0.2) is 29.2 Å². The average molecular weight is 260 g/mol. The van der Waals surface area contributed by atoms with Gasteiger partial charge in [0.25, 0.3) is 5.91 Å². The molecule has 0 saturated heterocycles. The number of furan rings is 1. The van der Waals surface area contributed by atoms with Crippen LogP contribution in [0.3, 0.4) is 0 Å². The van der Waals surface area contributed by atoms with E-state index in [1.807, 2.05) is 6.92 Å². The smallest absolute Gasteiger partial charge is 0.289 e. The van der Waals surface area contributed by atoms with Gasteiger partial charge in [0.15, 0.2) is 5.76 Å². The Balaban J connectivity index is 2.56. The predicted molar refractivity (Wildman–Crippen MR) is 58.7 cm³/mol. The summed E-state index contributed by atoms with van der Waals surface area (Å²) in [6, 6.07) is 3.42. The first-order valence-corrected chi connectivity index (χ1v) is 5.80. The van der Waals surface area contributed by atoms with Crippen LogP contribution in [0.1, 0.15) is 23.9 Å². The van der Waals surface area contributed by atoms with E-state index >= 15 is 0 Å². The van der Waals surface area contributed by atoms with E-state index in [4.69, 9.17) is 4.42 Å². The quantitative estimate of drug-likeness (QED) is 0.762. The predicted octanol–water partition coefficient (Wildman–Crippen LogP) is 2.53. The summed E-state index contributed by atoms with van der Waals surface area (Å²) in [6.45, 7) is 3.45. The SMILES string of the molecule is CCN(CCCBr)C(=O)c1ccco1. The van der Waals surface area contributed by atoms with Gasteiger partial charge in [-0.25, -0.2) is 0 Å². The topological polar surface area (TPSA) is 33.5 Å². The zero-order valence-corrected chi connectivity index (χ0v) is 9.79. The number of nitrogens with zero attached hydrogens (tertiary/aromatic N) is 1. The molecule has 1 aromatic heterocycles. The van der Waals surface area contributed by atoms with Gasteiger partial charge in [0, 0.05) is 18.4 Å². The van der Waals surface area contributed by atoms with Gasteiger partial charge in [-0.3, -0.25) is 4.79 Å². The van der Waals surface area contributed by atoms with Gasteiger partial charge in [-0.15, -0.1) is 0 Å². The Labute approximate surface area is 92.2 Å². The van der Waals surface area contributed by atoms with Crippen molar-refractivity contribution in [2.24, 2.45) is 0 Å². The molecule has 1 rings (SSSR count). The van der Waals surface area contributed by atoms with E-state index in [2.05, 4.69) is 15.9 Å². The number of rotatable bonds is 5. The zero-order chi connectivity index (χ0) is 10.4. The Morgan fingerprint density at radius 3 is 2.93 bits per heavy atom. The van der Waals surface area contributed by atoms with Crippen molar-refractivity contribution in [1.82, 2.24) is 4.90 Å². The molecule has 0 aliphatic heterocycles. The maximum Gasteiger partial charge on any atom is 0.289 e. The molecule has 0 aromatic carbocycles. The van der Waals surface area contributed by atoms with Gasteiger partial charge < -0.3 is 9.32 Å². The van der Waals surface area contributed by atoms with Crippen LogP contribution in [0.5, 0.6) is 0 Å². The number of hydrogen-bond donors (Lipinski definition) is 0. The molecular weight excluding hydrogens is 246 g/mol. The molecule has 0 saturated carbocycles. The van der Waals surface area contributed by atoms with Crippen molar-refractivity contribution in [3.05, 3.63) is 24.2 Å². The molecule has 0 fully saturated rings. The summed E-state index contributed by atoms with van der Waals surface area (Å²) in [5.74, 6) is 0.389. The molecule has 4 heteroatoms. The van der Waals surface area contributed by atoms with Gasteiger partial charge in [-0.1, -0.05) is 15.9 Å². The molecule has 78 valence electrons. The van der Waals surface area contributed by atoms with Crippen LogP contribution in [-0.2, 0) is 0 Å². The van der Waals surface area contributed by atoms with E-state index in [-0.39, 0.29) is 5.91 Å². The van der Waals surface area contributed by atoms with Gasteiger partial charge in [-0.2, -0.15) is 0 Å². The van der Waals surface area contributed by atoms with Crippen LogP contribution in [0.2, 0.25) is 0 Å². The minimum Gasteiger partial charge on any atom is -0.459 e. The molecule has 1 heterocycles. The number of carbonyl (C=O) groups is 1. The van der Waals surface area contributed by atoms with Crippen molar-refractivity contribution in [2.75, 3.05) is 18.4 Å². The third-order valence-electron chi connectivity index (χ3n) is 1.96. The van der Waals surface area contributed by atoms with Crippen molar-refractivity contribution in [3.63, 3.8) is 0 Å². The average Bonchev–Trinajstić information content (AvgIpc) is 2.71. The fourth-order valence-corrected chi connectivity index (χ4v) is 1.46. The summed E-state index contributed by atoms with van der Waals surface area (Å²) in [6.07, 6.45) is 2.48. The monoisotopic (exact) mass is 259 g/mol. The lowest BCUT2D eigenvalue weighted by molar-refractivity contribution is 0.0733. The summed E-state index contributed by atoms with van der Waals surface area (Å²) in [7, 11) is 0. The molecule has 0 aliphatic carbocycles. The minimum atomic E-state index is -0.0292. The number of amides is 1. The van der Waals surface area contributed by atoms with Crippen LogP contribution in [0, 0.1) is 0 Å². The number of hydrogen-bond acceptors (Lipinski definition) is 2. The lowest BCUT2D eigenvalue weighted by Gasteiger charge is -2.18. The summed E-state index contributed by atoms with van der Waals surface area (Å²) in [5.41, 5.74) is 0. The highest BCUT2D eigenvalue weighted by atomic mass is 79.9. The van der Waals surface area contributed by atoms with Gasteiger partial charge in [0.1, 0.15) is 0 Å². The maximum atomic E-state index is 11.8. The highest BCUT2D eigenvalue weighted by molar-refractivity contribution is 9.09. The maximum absolute atomic E-state index is 11.8. The number of carbonyl (C=O) groups excluding carboxylic acids is 1. The summed E-state index contributed by atoms with van der Waals surface area (Å²) >= 11 is 3.34. The Hall–Kier alpha value is -0.770. The van der Waals surface area contributed by atoms with Crippen LogP contribution in [0.4, 0.5) is 0 Å². The summed E-state index contributed by atoms with van der Waals surface area (Å²) in [4.78, 5) is 13.5. The molecule has 0 N–H and O–H groups in total. The minimum absolute atomic E-state index is 0.0292. The van der Waals surface area contributed by atoms with E-state index < -0.39 is 0 Å². The Morgan fingerprint density at radius 1 is 1.64 bits per heavy atom. The second-order valence-corrected chi connectivity index (χ2v) is 3.70. The number of alkyl halides is 1. The number of halogens is 1. The van der Waals surface area contributed by atoms with Gasteiger partial charge in [-0.05, 0) is 25.5 Å². The lowest BCUT2D eigenvalue weighted by Crippen LogP contribution is -2.31. The van der Waals surface area contributed by atoms with E-state index in [9.17, 15) is 4.79 Å². The van der Waals surface area contributed by atoms with Gasteiger partial charge >= 0.3 is 0 Å². The largest absolute Gasteiger partial charge is 0.459 e. The fourth-order valence-electron chi connectivity index (χ4n) is 1.21. The normalized spacial score (nSPS) is 10.1. The van der Waals surface area contributed by atoms with Crippen LogP contribution >= 0.6 is 15.9 Å². The van der Waals surface area contributed by atoms with E-state index in [0.717, 1.165) is 18.3 Å². The summed E-state index contributed by atoms with van der Waals surface area (Å²) < 4.78 is 5.06. The van der Waals surface area contributed by atoms with E-state index in [1.54, 1.807) is 17.0 Å². The molecule has 0 unspecified atom stereocenters. The Bertz CT molecular complexity index is 272. The van der Waals surface area contributed by atoms with E-state index in [0.29, 0.717) is 12.3 Å². The third kappa shape index (κ3) is 2.87. The van der Waals surface area contributed by atoms with Crippen LogP contribution in [0.25, 0.3) is 0 Å². The Morgan fingerprint density at radius 2 is 2.43 bits per heavy atom. The van der Waals surface area contributed by atoms with Crippen LogP contribution < -0.4 is 0 Å². The van der Waals surface area contributed by atoms with Crippen molar-refractivity contribution >= 4 is 21.8 Å². The molecule has 0 aliphatic rings. The van der Waals surface area contributed by atoms with Gasteiger partial charge in [0.05, 0.1) is 6.26 Å². The molecule has 0 bridgehead atoms. The van der Waals surface area contributed by atoms with Crippen molar-refractivity contribution < 1.29 is 9.21 Å². The van der Waals surface area contributed by atoms with Crippen LogP contribution in [0.15, 0.2) is 22.8 Å². The molecule has 0 atom stereocenters. The third-order valence-corrected chi connectivity index (χ3v) is 2.52. The fraction of sp³-hybridized carbons (Fsp3) is 0.500. The Kier molecular flexibility index (Phi) is 4.73. The van der Waals surface area contributed by atoms with Crippen molar-refractivity contribution in [1.29, 1.82) is 0 Å². The molecule has 1 amide bonds. The summed E-state index contributed by atoms with van der Waals surface area (Å²) in [5, 5.41) is 0.912. The first kappa shape index (κ1) is 11.3. The molecule has 0 radical (unpaired) electrons. The zero-order valence-electron chi connectivity index (χ0n) is 8.20. The molecule has 1 aromatic rings.